The minimum atomic E-state index is -0.659. The predicted octanol–water partition coefficient (Wildman–Crippen LogP) is 2.00. The van der Waals surface area contributed by atoms with Crippen molar-refractivity contribution in [2.24, 2.45) is 0 Å². The van der Waals surface area contributed by atoms with Gasteiger partial charge in [-0.25, -0.2) is 13.8 Å². The number of imidazole rings is 1. The van der Waals surface area contributed by atoms with E-state index in [1.807, 2.05) is 6.07 Å². The monoisotopic (exact) mass is 368 g/mol. The fraction of sp³-hybridized carbons (Fsp3) is 0.278. The number of aromatic nitrogens is 3. The number of nitriles is 1. The summed E-state index contributed by atoms with van der Waals surface area (Å²) in [6, 6.07) is 4.68. The molecule has 4 rings (SSSR count). The summed E-state index contributed by atoms with van der Waals surface area (Å²) >= 11 is 0.893. The van der Waals surface area contributed by atoms with E-state index in [0.29, 0.717) is 28.9 Å². The highest BCUT2D eigenvalue weighted by Gasteiger charge is 2.25. The Balaban J connectivity index is 2.06. The van der Waals surface area contributed by atoms with Crippen LogP contribution in [0.2, 0.25) is 0 Å². The zero-order valence-corrected chi connectivity index (χ0v) is 14.5. The van der Waals surface area contributed by atoms with Gasteiger partial charge in [-0.2, -0.15) is 5.26 Å². The summed E-state index contributed by atoms with van der Waals surface area (Å²) in [5.41, 5.74) is 0.762. The van der Waals surface area contributed by atoms with Crippen molar-refractivity contribution >= 4 is 21.6 Å². The molecule has 8 heteroatoms. The van der Waals surface area contributed by atoms with Crippen LogP contribution in [0.1, 0.15) is 24.2 Å². The zero-order chi connectivity index (χ0) is 18.4. The van der Waals surface area contributed by atoms with E-state index in [0.717, 1.165) is 28.7 Å². The third-order valence-electron chi connectivity index (χ3n) is 4.62. The van der Waals surface area contributed by atoms with Crippen LogP contribution in [-0.4, -0.2) is 13.7 Å². The molecule has 6 nitrogen and oxygen atoms in total. The van der Waals surface area contributed by atoms with Crippen LogP contribution in [0.3, 0.4) is 0 Å². The lowest BCUT2D eigenvalue weighted by Crippen LogP contribution is -2.26. The van der Waals surface area contributed by atoms with Crippen LogP contribution in [0.25, 0.3) is 15.9 Å². The standard InChI is InChI=1S/C18H13FN4O2S/c1-2-6-22-14-9-13(11(19)8-16(14)26-18(22)25)23-15(10-20)12-5-3-4-7-21(12)17(23)24/h1,8-9H,3-7H2. The van der Waals surface area contributed by atoms with Gasteiger partial charge in [-0.15, -0.1) is 6.42 Å². The van der Waals surface area contributed by atoms with Crippen LogP contribution in [0.4, 0.5) is 4.39 Å². The normalized spacial score (nSPS) is 13.3. The molecule has 0 unspecified atom stereocenters. The van der Waals surface area contributed by atoms with E-state index in [1.165, 1.54) is 21.3 Å². The fourth-order valence-electron chi connectivity index (χ4n) is 3.46. The van der Waals surface area contributed by atoms with Gasteiger partial charge in [-0.3, -0.25) is 13.9 Å². The molecule has 0 atom stereocenters. The highest BCUT2D eigenvalue weighted by molar-refractivity contribution is 7.16. The van der Waals surface area contributed by atoms with Crippen LogP contribution in [0.5, 0.6) is 0 Å². The van der Waals surface area contributed by atoms with E-state index in [9.17, 15) is 19.2 Å². The van der Waals surface area contributed by atoms with Gasteiger partial charge in [0.15, 0.2) is 0 Å². The number of fused-ring (bicyclic) bond motifs is 2. The van der Waals surface area contributed by atoms with E-state index in [1.54, 1.807) is 0 Å². The molecule has 0 saturated carbocycles. The Kier molecular flexibility index (Phi) is 3.78. The van der Waals surface area contributed by atoms with Crippen LogP contribution in [0.15, 0.2) is 21.7 Å². The van der Waals surface area contributed by atoms with Crippen molar-refractivity contribution in [1.82, 2.24) is 13.7 Å². The van der Waals surface area contributed by atoms with Gasteiger partial charge in [0.25, 0.3) is 0 Å². The van der Waals surface area contributed by atoms with Crippen molar-refractivity contribution < 1.29 is 4.39 Å². The van der Waals surface area contributed by atoms with Gasteiger partial charge in [0.05, 0.1) is 28.1 Å². The fourth-order valence-corrected chi connectivity index (χ4v) is 4.36. The quantitative estimate of drug-likeness (QED) is 0.650. The molecule has 3 aromatic rings. The van der Waals surface area contributed by atoms with Gasteiger partial charge >= 0.3 is 10.6 Å². The van der Waals surface area contributed by atoms with Gasteiger partial charge < -0.3 is 0 Å². The minimum Gasteiger partial charge on any atom is -0.295 e. The maximum Gasteiger partial charge on any atom is 0.334 e. The molecule has 1 aromatic carbocycles. The highest BCUT2D eigenvalue weighted by atomic mass is 32.1. The molecule has 0 spiro atoms. The first-order valence-electron chi connectivity index (χ1n) is 8.08. The summed E-state index contributed by atoms with van der Waals surface area (Å²) in [4.78, 5) is 24.6. The maximum absolute atomic E-state index is 14.8. The number of thiazole rings is 1. The molecular weight excluding hydrogens is 355 g/mol. The highest BCUT2D eigenvalue weighted by Crippen LogP contribution is 2.26. The number of halogens is 1. The van der Waals surface area contributed by atoms with Crippen molar-refractivity contribution in [2.45, 2.75) is 32.4 Å². The van der Waals surface area contributed by atoms with Gasteiger partial charge in [0.2, 0.25) is 0 Å². The average molecular weight is 368 g/mol. The molecule has 0 radical (unpaired) electrons. The van der Waals surface area contributed by atoms with Crippen molar-refractivity contribution in [3.05, 3.63) is 49.5 Å². The maximum atomic E-state index is 14.8. The lowest BCUT2D eigenvalue weighted by molar-refractivity contribution is 0.517. The summed E-state index contributed by atoms with van der Waals surface area (Å²) in [6.45, 7) is 0.566. The molecule has 0 fully saturated rings. The molecule has 0 N–H and O–H groups in total. The number of hydrogen-bond acceptors (Lipinski definition) is 4. The molecule has 3 heterocycles. The first kappa shape index (κ1) is 16.4. The van der Waals surface area contributed by atoms with E-state index in [-0.39, 0.29) is 22.8 Å². The third kappa shape index (κ3) is 2.23. The minimum absolute atomic E-state index is 0.0375. The Morgan fingerprint density at radius 3 is 2.85 bits per heavy atom. The summed E-state index contributed by atoms with van der Waals surface area (Å²) in [5, 5.41) is 9.57. The van der Waals surface area contributed by atoms with Crippen molar-refractivity contribution in [1.29, 1.82) is 5.26 Å². The predicted molar refractivity (Wildman–Crippen MR) is 96.1 cm³/mol. The summed E-state index contributed by atoms with van der Waals surface area (Å²) in [5.74, 6) is 1.74. The number of terminal acetylenes is 1. The molecule has 130 valence electrons. The molecule has 2 aromatic heterocycles. The van der Waals surface area contributed by atoms with E-state index < -0.39 is 11.5 Å². The van der Waals surface area contributed by atoms with Crippen molar-refractivity contribution in [3.8, 4) is 24.1 Å². The molecule has 26 heavy (non-hydrogen) atoms. The molecule has 0 amide bonds. The largest absolute Gasteiger partial charge is 0.334 e. The zero-order valence-electron chi connectivity index (χ0n) is 13.7. The Labute approximate surface area is 151 Å². The van der Waals surface area contributed by atoms with Gasteiger partial charge in [-0.05, 0) is 31.4 Å². The SMILES string of the molecule is C#CCn1c(=O)sc2cc(F)c(-n3c(C#N)c4n(c3=O)CCCC4)cc21. The lowest BCUT2D eigenvalue weighted by Gasteiger charge is -2.12. The van der Waals surface area contributed by atoms with Crippen molar-refractivity contribution in [2.75, 3.05) is 0 Å². The molecular formula is C18H13FN4O2S. The smallest absolute Gasteiger partial charge is 0.295 e. The number of benzene rings is 1. The Bertz CT molecular complexity index is 1250. The first-order valence-corrected chi connectivity index (χ1v) is 8.89. The van der Waals surface area contributed by atoms with Crippen LogP contribution in [-0.2, 0) is 19.5 Å². The van der Waals surface area contributed by atoms with Crippen LogP contribution in [0, 0.1) is 29.5 Å². The van der Waals surface area contributed by atoms with Gasteiger partial charge in [0, 0.05) is 6.54 Å². The van der Waals surface area contributed by atoms with E-state index >= 15 is 0 Å². The van der Waals surface area contributed by atoms with Crippen LogP contribution >= 0.6 is 11.3 Å². The Hall–Kier alpha value is -3.10. The topological polar surface area (TPSA) is 72.7 Å². The van der Waals surface area contributed by atoms with E-state index in [4.69, 9.17) is 6.42 Å². The summed E-state index contributed by atoms with van der Waals surface area (Å²) in [7, 11) is 0. The second kappa shape index (κ2) is 6.01. The second-order valence-electron chi connectivity index (χ2n) is 6.06. The Morgan fingerprint density at radius 1 is 1.31 bits per heavy atom. The second-order valence-corrected chi connectivity index (χ2v) is 7.06. The molecule has 1 aliphatic rings. The van der Waals surface area contributed by atoms with Crippen LogP contribution < -0.4 is 10.6 Å². The van der Waals surface area contributed by atoms with E-state index in [2.05, 4.69) is 5.92 Å². The average Bonchev–Trinajstić information content (AvgIpc) is 3.09. The number of hydrogen-bond donors (Lipinski definition) is 0. The molecule has 0 saturated heterocycles. The molecule has 1 aliphatic heterocycles. The first-order chi connectivity index (χ1) is 12.6. The summed E-state index contributed by atoms with van der Waals surface area (Å²) < 4.78 is 19.2. The Morgan fingerprint density at radius 2 is 2.12 bits per heavy atom. The number of rotatable bonds is 2. The molecule has 0 aliphatic carbocycles. The van der Waals surface area contributed by atoms with Gasteiger partial charge in [0.1, 0.15) is 17.6 Å². The summed E-state index contributed by atoms with van der Waals surface area (Å²) in [6.07, 6.45) is 7.64. The third-order valence-corrected chi connectivity index (χ3v) is 5.57. The molecule has 0 bridgehead atoms. The van der Waals surface area contributed by atoms with Crippen molar-refractivity contribution in [3.63, 3.8) is 0 Å². The van der Waals surface area contributed by atoms with Gasteiger partial charge in [-0.1, -0.05) is 17.3 Å². The number of nitrogens with zero attached hydrogens (tertiary/aromatic N) is 4. The lowest BCUT2D eigenvalue weighted by atomic mass is 10.1.